The number of benzene rings is 1. The maximum absolute atomic E-state index is 10.6. The van der Waals surface area contributed by atoms with Crippen LogP contribution >= 0.6 is 0 Å². The number of guanidine groups is 1. The Morgan fingerprint density at radius 1 is 1.25 bits per heavy atom. The first-order valence-corrected chi connectivity index (χ1v) is 9.71. The summed E-state index contributed by atoms with van der Waals surface area (Å²) in [7, 11) is 0. The molecule has 1 aromatic carbocycles. The number of hydrogen-bond donors (Lipinski definition) is 3. The van der Waals surface area contributed by atoms with Crippen LogP contribution in [0.1, 0.15) is 31.8 Å². The van der Waals surface area contributed by atoms with Crippen molar-refractivity contribution < 1.29 is 9.52 Å². The molecule has 0 fully saturated rings. The minimum atomic E-state index is -1.15. The molecule has 0 amide bonds. The highest BCUT2D eigenvalue weighted by molar-refractivity contribution is 5.79. The normalized spacial score (nSPS) is 14.2. The van der Waals surface area contributed by atoms with Gasteiger partial charge < -0.3 is 24.7 Å². The summed E-state index contributed by atoms with van der Waals surface area (Å²) < 4.78 is 7.70. The van der Waals surface area contributed by atoms with E-state index in [1.54, 1.807) is 13.0 Å². The van der Waals surface area contributed by atoms with Crippen LogP contribution in [0.25, 0.3) is 11.0 Å². The van der Waals surface area contributed by atoms with Crippen molar-refractivity contribution in [3.8, 4) is 0 Å². The molecule has 2 aromatic heterocycles. The lowest BCUT2D eigenvalue weighted by Crippen LogP contribution is -2.39. The van der Waals surface area contributed by atoms with Crippen LogP contribution in [0, 0.1) is 6.92 Å². The fourth-order valence-electron chi connectivity index (χ4n) is 3.02. The minimum absolute atomic E-state index is 0.210. The SMILES string of the molecule is CCNC(=NCC(C)(O)c1ccc(C)o1)NCCCn1cnc2ccccc21. The Hall–Kier alpha value is -2.80. The van der Waals surface area contributed by atoms with Crippen molar-refractivity contribution in [2.24, 2.45) is 4.99 Å². The molecule has 0 aliphatic carbocycles. The number of nitrogens with one attached hydrogen (secondary N) is 2. The third-order valence-electron chi connectivity index (χ3n) is 4.56. The van der Waals surface area contributed by atoms with Crippen LogP contribution < -0.4 is 10.6 Å². The quantitative estimate of drug-likeness (QED) is 0.316. The minimum Gasteiger partial charge on any atom is -0.463 e. The standard InChI is InChI=1S/C21H29N5O2/c1-4-22-20(24-14-21(3,27)19-11-10-16(2)28-19)23-12-7-13-26-15-25-17-8-5-6-9-18(17)26/h5-6,8-11,15,27H,4,7,12-14H2,1-3H3,(H2,22,23,24). The van der Waals surface area contributed by atoms with Gasteiger partial charge in [-0.2, -0.15) is 0 Å². The topological polar surface area (TPSA) is 87.6 Å². The Labute approximate surface area is 165 Å². The van der Waals surface area contributed by atoms with Crippen LogP contribution in [-0.4, -0.2) is 40.3 Å². The number of aromatic nitrogens is 2. The molecule has 0 saturated heterocycles. The van der Waals surface area contributed by atoms with Crippen molar-refractivity contribution in [3.05, 3.63) is 54.2 Å². The number of para-hydroxylation sites is 2. The van der Waals surface area contributed by atoms with E-state index in [0.29, 0.717) is 11.7 Å². The molecular weight excluding hydrogens is 354 g/mol. The molecule has 150 valence electrons. The van der Waals surface area contributed by atoms with E-state index in [9.17, 15) is 5.11 Å². The maximum Gasteiger partial charge on any atom is 0.191 e. The third kappa shape index (κ3) is 4.92. The predicted molar refractivity (Wildman–Crippen MR) is 111 cm³/mol. The van der Waals surface area contributed by atoms with Crippen LogP contribution in [0.5, 0.6) is 0 Å². The van der Waals surface area contributed by atoms with Crippen molar-refractivity contribution >= 4 is 17.0 Å². The molecule has 3 aromatic rings. The zero-order valence-electron chi connectivity index (χ0n) is 16.8. The van der Waals surface area contributed by atoms with Crippen LogP contribution in [0.2, 0.25) is 0 Å². The van der Waals surface area contributed by atoms with Crippen LogP contribution in [0.15, 0.2) is 52.1 Å². The summed E-state index contributed by atoms with van der Waals surface area (Å²) in [6.07, 6.45) is 2.81. The summed E-state index contributed by atoms with van der Waals surface area (Å²) in [6, 6.07) is 11.8. The highest BCUT2D eigenvalue weighted by Gasteiger charge is 2.26. The van der Waals surface area contributed by atoms with Gasteiger partial charge in [-0.1, -0.05) is 12.1 Å². The molecular formula is C21H29N5O2. The van der Waals surface area contributed by atoms with Crippen molar-refractivity contribution in [1.29, 1.82) is 0 Å². The molecule has 2 heterocycles. The number of aryl methyl sites for hydroxylation is 2. The summed E-state index contributed by atoms with van der Waals surface area (Å²) in [6.45, 7) is 8.18. The molecule has 0 saturated carbocycles. The fraction of sp³-hybridized carbons (Fsp3) is 0.429. The molecule has 0 aliphatic rings. The highest BCUT2D eigenvalue weighted by Crippen LogP contribution is 2.23. The Bertz CT molecular complexity index is 926. The van der Waals surface area contributed by atoms with Gasteiger partial charge in [-0.05, 0) is 51.5 Å². The zero-order chi connectivity index (χ0) is 20.0. The van der Waals surface area contributed by atoms with Gasteiger partial charge in [0.2, 0.25) is 0 Å². The molecule has 3 N–H and O–H groups in total. The van der Waals surface area contributed by atoms with Gasteiger partial charge in [-0.3, -0.25) is 0 Å². The summed E-state index contributed by atoms with van der Waals surface area (Å²) >= 11 is 0. The molecule has 7 heteroatoms. The second kappa shape index (κ2) is 8.93. The molecule has 0 bridgehead atoms. The van der Waals surface area contributed by atoms with E-state index in [1.807, 2.05) is 44.4 Å². The summed E-state index contributed by atoms with van der Waals surface area (Å²) in [5, 5.41) is 17.2. The van der Waals surface area contributed by atoms with E-state index in [2.05, 4.69) is 31.2 Å². The van der Waals surface area contributed by atoms with E-state index < -0.39 is 5.60 Å². The summed E-state index contributed by atoms with van der Waals surface area (Å²) in [5.41, 5.74) is 1.01. The Morgan fingerprint density at radius 3 is 2.82 bits per heavy atom. The number of furan rings is 1. The smallest absolute Gasteiger partial charge is 0.191 e. The average molecular weight is 383 g/mol. The number of rotatable bonds is 8. The summed E-state index contributed by atoms with van der Waals surface area (Å²) in [4.78, 5) is 8.94. The Kier molecular flexibility index (Phi) is 6.36. The number of aliphatic imine (C=N–C) groups is 1. The number of imidazole rings is 1. The van der Waals surface area contributed by atoms with E-state index in [1.165, 1.54) is 0 Å². The lowest BCUT2D eigenvalue weighted by Gasteiger charge is -2.19. The molecule has 0 spiro atoms. The molecule has 28 heavy (non-hydrogen) atoms. The van der Waals surface area contributed by atoms with Gasteiger partial charge >= 0.3 is 0 Å². The van der Waals surface area contributed by atoms with Crippen LogP contribution in [0.3, 0.4) is 0 Å². The first-order chi connectivity index (χ1) is 13.5. The predicted octanol–water partition coefficient (Wildman–Crippen LogP) is 2.79. The first kappa shape index (κ1) is 19.9. The van der Waals surface area contributed by atoms with Crippen LogP contribution in [0.4, 0.5) is 0 Å². The first-order valence-electron chi connectivity index (χ1n) is 9.71. The number of nitrogens with zero attached hydrogens (tertiary/aromatic N) is 3. The molecule has 7 nitrogen and oxygen atoms in total. The average Bonchev–Trinajstić information content (AvgIpc) is 3.30. The van der Waals surface area contributed by atoms with Gasteiger partial charge in [0.15, 0.2) is 5.96 Å². The number of hydrogen-bond acceptors (Lipinski definition) is 4. The summed E-state index contributed by atoms with van der Waals surface area (Å²) in [5.74, 6) is 1.98. The maximum atomic E-state index is 10.6. The lowest BCUT2D eigenvalue weighted by atomic mass is 10.0. The van der Waals surface area contributed by atoms with Crippen molar-refractivity contribution in [2.75, 3.05) is 19.6 Å². The molecule has 0 radical (unpaired) electrons. The largest absolute Gasteiger partial charge is 0.463 e. The van der Waals surface area contributed by atoms with E-state index in [0.717, 1.165) is 42.8 Å². The van der Waals surface area contributed by atoms with Crippen molar-refractivity contribution in [2.45, 2.75) is 39.3 Å². The number of aliphatic hydroxyl groups is 1. The molecule has 1 unspecified atom stereocenters. The molecule has 3 rings (SSSR count). The second-order valence-corrected chi connectivity index (χ2v) is 7.09. The van der Waals surface area contributed by atoms with E-state index >= 15 is 0 Å². The molecule has 1 atom stereocenters. The van der Waals surface area contributed by atoms with Crippen LogP contribution in [-0.2, 0) is 12.1 Å². The van der Waals surface area contributed by atoms with Gasteiger partial charge in [0.05, 0.1) is 23.9 Å². The van der Waals surface area contributed by atoms with Gasteiger partial charge in [0.25, 0.3) is 0 Å². The van der Waals surface area contributed by atoms with E-state index in [4.69, 9.17) is 4.42 Å². The molecule has 0 aliphatic heterocycles. The number of fused-ring (bicyclic) bond motifs is 1. The third-order valence-corrected chi connectivity index (χ3v) is 4.56. The lowest BCUT2D eigenvalue weighted by molar-refractivity contribution is 0.0428. The Balaban J connectivity index is 1.53. The van der Waals surface area contributed by atoms with Gasteiger partial charge in [-0.15, -0.1) is 0 Å². The zero-order valence-corrected chi connectivity index (χ0v) is 16.8. The van der Waals surface area contributed by atoms with Crippen molar-refractivity contribution in [3.63, 3.8) is 0 Å². The fourth-order valence-corrected chi connectivity index (χ4v) is 3.02. The van der Waals surface area contributed by atoms with Gasteiger partial charge in [-0.25, -0.2) is 9.98 Å². The van der Waals surface area contributed by atoms with E-state index in [-0.39, 0.29) is 6.54 Å². The van der Waals surface area contributed by atoms with Gasteiger partial charge in [0, 0.05) is 19.6 Å². The highest BCUT2D eigenvalue weighted by atomic mass is 16.4. The monoisotopic (exact) mass is 383 g/mol. The Morgan fingerprint density at radius 2 is 2.07 bits per heavy atom. The van der Waals surface area contributed by atoms with Crippen molar-refractivity contribution in [1.82, 2.24) is 20.2 Å². The van der Waals surface area contributed by atoms with Gasteiger partial charge in [0.1, 0.15) is 17.1 Å². The second-order valence-electron chi connectivity index (χ2n) is 7.09.